The molecule has 0 heterocycles. The molecule has 1 atom stereocenters. The van der Waals surface area contributed by atoms with Crippen molar-refractivity contribution in [1.29, 1.82) is 0 Å². The molecular formula is C7H7NO4S. The molecule has 0 fully saturated rings. The summed E-state index contributed by atoms with van der Waals surface area (Å²) in [6, 6.07) is 3.94. The van der Waals surface area contributed by atoms with Gasteiger partial charge in [0.2, 0.25) is 0 Å². The molecule has 1 aromatic rings. The minimum Gasteiger partial charge on any atom is -0.302 e. The summed E-state index contributed by atoms with van der Waals surface area (Å²) in [7, 11) is 0. The number of nitro groups is 1. The van der Waals surface area contributed by atoms with Gasteiger partial charge in [-0.15, -0.1) is 0 Å². The second-order valence-corrected chi connectivity index (χ2v) is 3.42. The van der Waals surface area contributed by atoms with Crippen molar-refractivity contribution in [2.45, 2.75) is 11.8 Å². The predicted octanol–water partition coefficient (Wildman–Crippen LogP) is 1.48. The predicted molar refractivity (Wildman–Crippen MR) is 46.9 cm³/mol. The Hall–Kier alpha value is -1.27. The van der Waals surface area contributed by atoms with E-state index in [9.17, 15) is 14.3 Å². The summed E-state index contributed by atoms with van der Waals surface area (Å²) in [5.74, 6) is 0. The molecular weight excluding hydrogens is 194 g/mol. The topological polar surface area (TPSA) is 80.4 Å². The lowest BCUT2D eigenvalue weighted by atomic mass is 10.2. The molecule has 5 nitrogen and oxygen atoms in total. The van der Waals surface area contributed by atoms with Crippen LogP contribution in [0.5, 0.6) is 0 Å². The lowest BCUT2D eigenvalue weighted by Crippen LogP contribution is -1.95. The number of hydrogen-bond acceptors (Lipinski definition) is 3. The van der Waals surface area contributed by atoms with Crippen LogP contribution in [0.1, 0.15) is 5.56 Å². The van der Waals surface area contributed by atoms with Crippen LogP contribution >= 0.6 is 0 Å². The van der Waals surface area contributed by atoms with Gasteiger partial charge in [-0.2, -0.15) is 0 Å². The molecule has 0 amide bonds. The molecule has 0 aliphatic heterocycles. The highest BCUT2D eigenvalue weighted by Gasteiger charge is 2.12. The molecule has 0 radical (unpaired) electrons. The van der Waals surface area contributed by atoms with Crippen molar-refractivity contribution in [3.05, 3.63) is 33.9 Å². The van der Waals surface area contributed by atoms with Crippen molar-refractivity contribution in [2.24, 2.45) is 0 Å². The molecule has 0 aliphatic carbocycles. The lowest BCUT2D eigenvalue weighted by Gasteiger charge is -1.98. The van der Waals surface area contributed by atoms with E-state index in [2.05, 4.69) is 0 Å². The van der Waals surface area contributed by atoms with Gasteiger partial charge < -0.3 is 4.55 Å². The van der Waals surface area contributed by atoms with E-state index < -0.39 is 16.0 Å². The third-order valence-electron chi connectivity index (χ3n) is 1.58. The molecule has 0 bridgehead atoms. The van der Waals surface area contributed by atoms with E-state index >= 15 is 0 Å². The van der Waals surface area contributed by atoms with Gasteiger partial charge in [0, 0.05) is 11.6 Å². The van der Waals surface area contributed by atoms with Crippen molar-refractivity contribution >= 4 is 16.8 Å². The van der Waals surface area contributed by atoms with Gasteiger partial charge in [0.1, 0.15) is 0 Å². The van der Waals surface area contributed by atoms with Crippen molar-refractivity contribution in [3.8, 4) is 0 Å². The van der Waals surface area contributed by atoms with Gasteiger partial charge in [-0.05, 0) is 13.0 Å². The number of hydrogen-bond donors (Lipinski definition) is 1. The van der Waals surface area contributed by atoms with Crippen molar-refractivity contribution in [1.82, 2.24) is 0 Å². The maximum absolute atomic E-state index is 10.6. The first-order valence-electron chi connectivity index (χ1n) is 3.38. The molecule has 1 N–H and O–H groups in total. The van der Waals surface area contributed by atoms with Crippen LogP contribution in [0.4, 0.5) is 5.69 Å². The van der Waals surface area contributed by atoms with E-state index in [1.165, 1.54) is 12.1 Å². The van der Waals surface area contributed by atoms with E-state index in [0.717, 1.165) is 6.07 Å². The lowest BCUT2D eigenvalue weighted by molar-refractivity contribution is -0.385. The number of nitrogens with zero attached hydrogens (tertiary/aromatic N) is 1. The van der Waals surface area contributed by atoms with Crippen molar-refractivity contribution in [2.75, 3.05) is 0 Å². The molecule has 0 saturated heterocycles. The highest BCUT2D eigenvalue weighted by atomic mass is 32.2. The number of benzene rings is 1. The highest BCUT2D eigenvalue weighted by Crippen LogP contribution is 2.20. The second-order valence-electron chi connectivity index (χ2n) is 2.45. The van der Waals surface area contributed by atoms with Crippen molar-refractivity contribution < 1.29 is 13.7 Å². The largest absolute Gasteiger partial charge is 0.302 e. The van der Waals surface area contributed by atoms with Crippen LogP contribution in [-0.2, 0) is 11.1 Å². The van der Waals surface area contributed by atoms with E-state index in [4.69, 9.17) is 4.55 Å². The number of nitro benzene ring substituents is 1. The summed E-state index contributed by atoms with van der Waals surface area (Å²) in [4.78, 5) is 9.88. The second kappa shape index (κ2) is 3.63. The summed E-state index contributed by atoms with van der Waals surface area (Å²) in [5, 5.41) is 10.4. The monoisotopic (exact) mass is 201 g/mol. The van der Waals surface area contributed by atoms with Crippen LogP contribution in [0.15, 0.2) is 23.1 Å². The number of aryl methyl sites for hydroxylation is 1. The molecule has 13 heavy (non-hydrogen) atoms. The molecule has 1 unspecified atom stereocenters. The third-order valence-corrected chi connectivity index (χ3v) is 2.24. The van der Waals surface area contributed by atoms with E-state index in [1.807, 2.05) is 0 Å². The van der Waals surface area contributed by atoms with Crippen LogP contribution in [0.3, 0.4) is 0 Å². The van der Waals surface area contributed by atoms with Gasteiger partial charge in [-0.25, -0.2) is 4.21 Å². The van der Waals surface area contributed by atoms with Gasteiger partial charge >= 0.3 is 0 Å². The van der Waals surface area contributed by atoms with Gasteiger partial charge in [0.05, 0.1) is 9.82 Å². The summed E-state index contributed by atoms with van der Waals surface area (Å²) in [6.07, 6.45) is 0. The van der Waals surface area contributed by atoms with Crippen LogP contribution < -0.4 is 0 Å². The van der Waals surface area contributed by atoms with Crippen LogP contribution in [0, 0.1) is 17.0 Å². The van der Waals surface area contributed by atoms with Gasteiger partial charge in [-0.1, -0.05) is 6.07 Å². The first-order chi connectivity index (χ1) is 6.02. The quantitative estimate of drug-likeness (QED) is 0.446. The fraction of sp³-hybridized carbons (Fsp3) is 0.143. The zero-order valence-electron chi connectivity index (χ0n) is 6.76. The van der Waals surface area contributed by atoms with Crippen LogP contribution in [0.2, 0.25) is 0 Å². The Labute approximate surface area is 76.8 Å². The summed E-state index contributed by atoms with van der Waals surface area (Å²) in [5.41, 5.74) is 0.333. The average Bonchev–Trinajstić information content (AvgIpc) is 2.04. The van der Waals surface area contributed by atoms with Gasteiger partial charge in [0.25, 0.3) is 5.69 Å². The maximum atomic E-state index is 10.6. The molecule has 1 aromatic carbocycles. The Bertz CT molecular complexity index is 377. The van der Waals surface area contributed by atoms with Gasteiger partial charge in [-0.3, -0.25) is 10.1 Å². The number of rotatable bonds is 2. The highest BCUT2D eigenvalue weighted by molar-refractivity contribution is 7.79. The summed E-state index contributed by atoms with van der Waals surface area (Å²) < 4.78 is 19.2. The molecule has 1 rings (SSSR count). The Kier molecular flexibility index (Phi) is 2.74. The molecule has 70 valence electrons. The maximum Gasteiger partial charge on any atom is 0.273 e. The smallest absolute Gasteiger partial charge is 0.273 e. The van der Waals surface area contributed by atoms with E-state index in [0.29, 0.717) is 5.56 Å². The Morgan fingerprint density at radius 3 is 2.62 bits per heavy atom. The molecule has 0 aliphatic rings. The van der Waals surface area contributed by atoms with Gasteiger partial charge in [0.15, 0.2) is 11.1 Å². The van der Waals surface area contributed by atoms with E-state index in [-0.39, 0.29) is 10.6 Å². The molecule has 0 saturated carbocycles. The first kappa shape index (κ1) is 9.82. The third kappa shape index (κ3) is 2.10. The Morgan fingerprint density at radius 1 is 1.54 bits per heavy atom. The zero-order valence-corrected chi connectivity index (χ0v) is 7.58. The first-order valence-corrected chi connectivity index (χ1v) is 4.49. The van der Waals surface area contributed by atoms with E-state index in [1.54, 1.807) is 6.92 Å². The molecule has 6 heteroatoms. The fourth-order valence-corrected chi connectivity index (χ4v) is 1.29. The standard InChI is InChI=1S/C7H7NO4S/c1-5-2-3-6(13(11)12)4-7(5)8(9)10/h2-4H,1H3,(H,11,12). The van der Waals surface area contributed by atoms with Crippen molar-refractivity contribution in [3.63, 3.8) is 0 Å². The zero-order chi connectivity index (χ0) is 10.0. The minimum absolute atomic E-state index is 0.0392. The fourth-order valence-electron chi connectivity index (χ4n) is 0.895. The normalized spacial score (nSPS) is 12.5. The van der Waals surface area contributed by atoms with Crippen LogP contribution in [0.25, 0.3) is 0 Å². The Balaban J connectivity index is 3.27. The summed E-state index contributed by atoms with van der Waals surface area (Å²) in [6.45, 7) is 1.57. The molecule has 0 spiro atoms. The SMILES string of the molecule is Cc1ccc(S(=O)O)cc1[N+](=O)[O-]. The summed E-state index contributed by atoms with van der Waals surface area (Å²) >= 11 is -2.17. The average molecular weight is 201 g/mol. The minimum atomic E-state index is -2.17. The Morgan fingerprint density at radius 2 is 2.15 bits per heavy atom. The van der Waals surface area contributed by atoms with Crippen LogP contribution in [-0.4, -0.2) is 13.7 Å². The molecule has 0 aromatic heterocycles.